The van der Waals surface area contributed by atoms with Gasteiger partial charge in [0.25, 0.3) is 0 Å². The molecule has 0 aromatic heterocycles. The van der Waals surface area contributed by atoms with Gasteiger partial charge in [0.1, 0.15) is 23.1 Å². The molecular formula is C16H16N2OS. The summed E-state index contributed by atoms with van der Waals surface area (Å²) in [4.78, 5) is 0.927. The Morgan fingerprint density at radius 3 is 2.60 bits per heavy atom. The highest BCUT2D eigenvalue weighted by molar-refractivity contribution is 7.98. The highest BCUT2D eigenvalue weighted by Gasteiger charge is 2.11. The third-order valence-corrected chi connectivity index (χ3v) is 3.66. The summed E-state index contributed by atoms with van der Waals surface area (Å²) in [6, 6.07) is 15.7. The molecule has 0 saturated carbocycles. The van der Waals surface area contributed by atoms with E-state index in [1.807, 2.05) is 55.8 Å². The number of rotatable bonds is 5. The molecule has 0 aliphatic rings. The van der Waals surface area contributed by atoms with Crippen molar-refractivity contribution in [3.63, 3.8) is 0 Å². The van der Waals surface area contributed by atoms with Gasteiger partial charge in [0.05, 0.1) is 0 Å². The number of benzene rings is 2. The maximum Gasteiger partial charge on any atom is 0.146 e. The highest BCUT2D eigenvalue weighted by Crippen LogP contribution is 2.32. The summed E-state index contributed by atoms with van der Waals surface area (Å²) in [6.07, 6.45) is 1.95. The van der Waals surface area contributed by atoms with Crippen LogP contribution in [-0.2, 0) is 6.54 Å². The molecule has 0 aliphatic heterocycles. The van der Waals surface area contributed by atoms with Gasteiger partial charge in [-0.2, -0.15) is 5.26 Å². The van der Waals surface area contributed by atoms with Crippen LogP contribution < -0.4 is 10.1 Å². The topological polar surface area (TPSA) is 45.0 Å². The lowest BCUT2D eigenvalue weighted by Gasteiger charge is -2.13. The Hall–Kier alpha value is -1.96. The van der Waals surface area contributed by atoms with Crippen molar-refractivity contribution >= 4 is 11.8 Å². The van der Waals surface area contributed by atoms with Crippen LogP contribution in [0.15, 0.2) is 47.4 Å². The quantitative estimate of drug-likeness (QED) is 0.848. The number of nitrogens with zero attached hydrogens (tertiary/aromatic N) is 1. The van der Waals surface area contributed by atoms with Gasteiger partial charge in [-0.15, -0.1) is 11.8 Å². The van der Waals surface area contributed by atoms with E-state index in [-0.39, 0.29) is 0 Å². The minimum absolute atomic E-state index is 0.583. The molecule has 0 amide bonds. The van der Waals surface area contributed by atoms with Crippen molar-refractivity contribution in [1.29, 1.82) is 5.26 Å². The molecule has 0 fully saturated rings. The minimum atomic E-state index is 0.583. The Morgan fingerprint density at radius 1 is 1.15 bits per heavy atom. The van der Waals surface area contributed by atoms with Crippen LogP contribution in [0.25, 0.3) is 0 Å². The van der Waals surface area contributed by atoms with E-state index in [0.717, 1.165) is 22.8 Å². The fraction of sp³-hybridized carbons (Fsp3) is 0.188. The second-order valence-electron chi connectivity index (χ2n) is 4.19. The zero-order valence-electron chi connectivity index (χ0n) is 11.5. The first-order chi connectivity index (χ1) is 9.80. The second kappa shape index (κ2) is 6.99. The maximum atomic E-state index is 9.33. The number of ether oxygens (including phenoxy) is 1. The molecule has 20 heavy (non-hydrogen) atoms. The molecule has 0 unspecified atom stereocenters. The second-order valence-corrected chi connectivity index (χ2v) is 5.03. The van der Waals surface area contributed by atoms with Crippen LogP contribution in [0.2, 0.25) is 0 Å². The van der Waals surface area contributed by atoms with E-state index < -0.39 is 0 Å². The van der Waals surface area contributed by atoms with Crippen LogP contribution in [0.4, 0.5) is 0 Å². The number of thioether (sulfide) groups is 1. The molecule has 3 nitrogen and oxygen atoms in total. The molecule has 102 valence electrons. The van der Waals surface area contributed by atoms with E-state index in [9.17, 15) is 5.26 Å². The maximum absolute atomic E-state index is 9.33. The molecule has 0 radical (unpaired) electrons. The summed E-state index contributed by atoms with van der Waals surface area (Å²) in [5, 5.41) is 12.4. The van der Waals surface area contributed by atoms with Crippen molar-refractivity contribution in [2.45, 2.75) is 11.4 Å². The number of hydrogen-bond acceptors (Lipinski definition) is 4. The Morgan fingerprint density at radius 2 is 1.90 bits per heavy atom. The summed E-state index contributed by atoms with van der Waals surface area (Å²) < 4.78 is 5.95. The molecule has 2 aromatic carbocycles. The van der Waals surface area contributed by atoms with Crippen LogP contribution in [-0.4, -0.2) is 13.3 Å². The van der Waals surface area contributed by atoms with Gasteiger partial charge in [0, 0.05) is 17.0 Å². The third-order valence-electron chi connectivity index (χ3n) is 2.88. The summed E-state index contributed by atoms with van der Waals surface area (Å²) in [5.41, 5.74) is 1.65. The van der Waals surface area contributed by atoms with Gasteiger partial charge < -0.3 is 10.1 Å². The van der Waals surface area contributed by atoms with E-state index in [2.05, 4.69) is 11.4 Å². The van der Waals surface area contributed by atoms with Crippen molar-refractivity contribution in [3.05, 3.63) is 53.6 Å². The fourth-order valence-corrected chi connectivity index (χ4v) is 2.50. The molecule has 0 aliphatic carbocycles. The van der Waals surface area contributed by atoms with Crippen LogP contribution in [0, 0.1) is 11.3 Å². The molecule has 0 atom stereocenters. The summed E-state index contributed by atoms with van der Waals surface area (Å²) >= 11 is 1.54. The van der Waals surface area contributed by atoms with Crippen molar-refractivity contribution in [2.75, 3.05) is 13.3 Å². The minimum Gasteiger partial charge on any atom is -0.456 e. The Bertz CT molecular complexity index is 635. The molecular weight excluding hydrogens is 268 g/mol. The van der Waals surface area contributed by atoms with E-state index in [1.165, 1.54) is 0 Å². The molecule has 0 saturated heterocycles. The van der Waals surface area contributed by atoms with Gasteiger partial charge >= 0.3 is 0 Å². The summed E-state index contributed by atoms with van der Waals surface area (Å²) in [7, 11) is 1.89. The Labute approximate surface area is 123 Å². The molecule has 2 rings (SSSR count). The molecule has 0 spiro atoms. The van der Waals surface area contributed by atoms with Gasteiger partial charge in [-0.05, 0) is 31.5 Å². The van der Waals surface area contributed by atoms with Crippen molar-refractivity contribution in [2.24, 2.45) is 0 Å². The van der Waals surface area contributed by atoms with E-state index >= 15 is 0 Å². The van der Waals surface area contributed by atoms with Crippen molar-refractivity contribution < 1.29 is 4.74 Å². The van der Waals surface area contributed by atoms with Crippen LogP contribution in [0.5, 0.6) is 11.5 Å². The van der Waals surface area contributed by atoms with Crippen molar-refractivity contribution in [3.8, 4) is 17.6 Å². The lowest BCUT2D eigenvalue weighted by atomic mass is 10.2. The first kappa shape index (κ1) is 14.4. The SMILES string of the molecule is CNCc1ccccc1Oc1cccc(SC)c1C#N. The number of nitrogens with one attached hydrogen (secondary N) is 1. The standard InChI is InChI=1S/C16H16N2OS/c1-18-11-12-6-3-4-7-14(12)19-15-8-5-9-16(20-2)13(15)10-17/h3-9,18H,11H2,1-2H3. The van der Waals surface area contributed by atoms with Crippen LogP contribution in [0.3, 0.4) is 0 Å². The van der Waals surface area contributed by atoms with Gasteiger partial charge in [-0.1, -0.05) is 24.3 Å². The third kappa shape index (κ3) is 3.13. The Balaban J connectivity index is 2.38. The summed E-state index contributed by atoms with van der Waals surface area (Å²) in [5.74, 6) is 1.37. The van der Waals surface area contributed by atoms with E-state index in [4.69, 9.17) is 4.74 Å². The largest absolute Gasteiger partial charge is 0.456 e. The number of nitriles is 1. The highest BCUT2D eigenvalue weighted by atomic mass is 32.2. The molecule has 0 bridgehead atoms. The molecule has 4 heteroatoms. The number of hydrogen-bond donors (Lipinski definition) is 1. The van der Waals surface area contributed by atoms with Gasteiger partial charge in [0.2, 0.25) is 0 Å². The average molecular weight is 284 g/mol. The lowest BCUT2D eigenvalue weighted by molar-refractivity contribution is 0.471. The van der Waals surface area contributed by atoms with E-state index in [1.54, 1.807) is 11.8 Å². The first-order valence-corrected chi connectivity index (χ1v) is 7.50. The molecule has 0 heterocycles. The first-order valence-electron chi connectivity index (χ1n) is 6.27. The fourth-order valence-electron chi connectivity index (χ4n) is 1.93. The lowest BCUT2D eigenvalue weighted by Crippen LogP contribution is -2.06. The van der Waals surface area contributed by atoms with Crippen LogP contribution >= 0.6 is 11.8 Å². The zero-order valence-corrected chi connectivity index (χ0v) is 12.3. The molecule has 1 N–H and O–H groups in total. The van der Waals surface area contributed by atoms with Gasteiger partial charge in [-0.3, -0.25) is 0 Å². The average Bonchev–Trinajstić information content (AvgIpc) is 2.49. The zero-order chi connectivity index (χ0) is 14.4. The van der Waals surface area contributed by atoms with Gasteiger partial charge in [-0.25, -0.2) is 0 Å². The monoisotopic (exact) mass is 284 g/mol. The predicted molar refractivity (Wildman–Crippen MR) is 82.2 cm³/mol. The smallest absolute Gasteiger partial charge is 0.146 e. The van der Waals surface area contributed by atoms with Crippen LogP contribution in [0.1, 0.15) is 11.1 Å². The van der Waals surface area contributed by atoms with Gasteiger partial charge in [0.15, 0.2) is 0 Å². The molecule has 2 aromatic rings. The number of para-hydroxylation sites is 1. The van der Waals surface area contributed by atoms with E-state index in [0.29, 0.717) is 11.3 Å². The normalized spacial score (nSPS) is 10.1. The summed E-state index contributed by atoms with van der Waals surface area (Å²) in [6.45, 7) is 0.722. The Kier molecular flexibility index (Phi) is 5.05. The predicted octanol–water partition coefficient (Wildman–Crippen LogP) is 3.79. The van der Waals surface area contributed by atoms with Crippen molar-refractivity contribution in [1.82, 2.24) is 5.32 Å².